The zero-order valence-electron chi connectivity index (χ0n) is 10.7. The first-order valence-electron chi connectivity index (χ1n) is 6.15. The second-order valence-corrected chi connectivity index (χ2v) is 5.40. The predicted molar refractivity (Wildman–Crippen MR) is 76.8 cm³/mol. The number of thiazole rings is 1. The van der Waals surface area contributed by atoms with Gasteiger partial charge in [0.25, 0.3) is 0 Å². The Bertz CT molecular complexity index is 747. The van der Waals surface area contributed by atoms with Crippen LogP contribution in [0.5, 0.6) is 0 Å². The summed E-state index contributed by atoms with van der Waals surface area (Å²) in [5, 5.41) is 0.528. The first-order valence-corrected chi connectivity index (χ1v) is 6.97. The normalized spacial score (nSPS) is 11.6. The third-order valence-corrected chi connectivity index (χ3v) is 3.98. The highest BCUT2D eigenvalue weighted by Crippen LogP contribution is 2.35. The van der Waals surface area contributed by atoms with Crippen LogP contribution in [0.2, 0.25) is 0 Å². The summed E-state index contributed by atoms with van der Waals surface area (Å²) in [7, 11) is 0. The van der Waals surface area contributed by atoms with Crippen molar-refractivity contribution in [3.63, 3.8) is 0 Å². The van der Waals surface area contributed by atoms with Gasteiger partial charge in [-0.2, -0.15) is 13.2 Å². The van der Waals surface area contributed by atoms with E-state index in [1.54, 1.807) is 6.07 Å². The van der Waals surface area contributed by atoms with Crippen molar-refractivity contribution in [2.45, 2.75) is 6.18 Å². The maximum Gasteiger partial charge on any atom is 0.416 e. The lowest BCUT2D eigenvalue weighted by Crippen LogP contribution is -2.04. The number of aromatic nitrogens is 1. The Hall–Kier alpha value is -2.14. The number of hydrogen-bond donors (Lipinski definition) is 0. The summed E-state index contributed by atoms with van der Waals surface area (Å²) in [6, 6.07) is 14.7. The lowest BCUT2D eigenvalue weighted by atomic mass is 10.1. The van der Waals surface area contributed by atoms with E-state index in [1.807, 2.05) is 30.3 Å². The molecule has 0 atom stereocenters. The smallest absolute Gasteiger partial charge is 0.234 e. The Morgan fingerprint density at radius 3 is 2.33 bits per heavy atom. The van der Waals surface area contributed by atoms with Gasteiger partial charge in [-0.15, -0.1) is 11.3 Å². The zero-order valence-corrected chi connectivity index (χ0v) is 11.5. The topological polar surface area (TPSA) is 12.9 Å². The first-order chi connectivity index (χ1) is 10.0. The van der Waals surface area contributed by atoms with Gasteiger partial charge in [-0.3, -0.25) is 0 Å². The highest BCUT2D eigenvalue weighted by atomic mass is 32.1. The first kappa shape index (κ1) is 13.8. The molecule has 0 unspecified atom stereocenters. The fourth-order valence-electron chi connectivity index (χ4n) is 1.91. The SMILES string of the molecule is FC(F)(F)c1cccc(-c2n[c]c(-c3ccccc3)s2)c1. The number of alkyl halides is 3. The highest BCUT2D eigenvalue weighted by molar-refractivity contribution is 7.18. The van der Waals surface area contributed by atoms with Crippen LogP contribution in [-0.4, -0.2) is 4.98 Å². The molecule has 1 heterocycles. The second kappa shape index (κ2) is 5.33. The van der Waals surface area contributed by atoms with Crippen molar-refractivity contribution in [2.75, 3.05) is 0 Å². The van der Waals surface area contributed by atoms with Gasteiger partial charge in [0.05, 0.1) is 10.4 Å². The van der Waals surface area contributed by atoms with Crippen LogP contribution in [0.3, 0.4) is 0 Å². The Morgan fingerprint density at radius 2 is 1.62 bits per heavy atom. The van der Waals surface area contributed by atoms with Crippen LogP contribution in [0.25, 0.3) is 21.0 Å². The van der Waals surface area contributed by atoms with Gasteiger partial charge in [-0.1, -0.05) is 42.5 Å². The molecule has 3 rings (SSSR count). The van der Waals surface area contributed by atoms with E-state index >= 15 is 0 Å². The van der Waals surface area contributed by atoms with Gasteiger partial charge >= 0.3 is 6.18 Å². The average Bonchev–Trinajstić information content (AvgIpc) is 2.97. The number of nitrogens with zero attached hydrogens (tertiary/aromatic N) is 1. The quantitative estimate of drug-likeness (QED) is 0.626. The zero-order chi connectivity index (χ0) is 14.9. The van der Waals surface area contributed by atoms with E-state index in [1.165, 1.54) is 17.4 Å². The molecule has 2 aromatic carbocycles. The molecule has 0 bridgehead atoms. The molecule has 0 amide bonds. The van der Waals surface area contributed by atoms with Gasteiger partial charge in [-0.25, -0.2) is 4.98 Å². The number of rotatable bonds is 2. The van der Waals surface area contributed by atoms with Gasteiger partial charge in [0, 0.05) is 5.56 Å². The van der Waals surface area contributed by atoms with Crippen LogP contribution < -0.4 is 0 Å². The molecule has 105 valence electrons. The van der Waals surface area contributed by atoms with E-state index in [2.05, 4.69) is 11.2 Å². The van der Waals surface area contributed by atoms with Crippen molar-refractivity contribution in [1.82, 2.24) is 4.98 Å². The minimum absolute atomic E-state index is 0.452. The van der Waals surface area contributed by atoms with Crippen molar-refractivity contribution in [2.24, 2.45) is 0 Å². The summed E-state index contributed by atoms with van der Waals surface area (Å²) in [6.07, 6.45) is -1.48. The van der Waals surface area contributed by atoms with E-state index < -0.39 is 11.7 Å². The minimum Gasteiger partial charge on any atom is -0.234 e. The molecule has 0 spiro atoms. The minimum atomic E-state index is -4.35. The lowest BCUT2D eigenvalue weighted by molar-refractivity contribution is -0.137. The van der Waals surface area contributed by atoms with Crippen LogP contribution in [0.15, 0.2) is 54.6 Å². The molecule has 0 aliphatic carbocycles. The molecule has 3 aromatic rings. The van der Waals surface area contributed by atoms with Crippen LogP contribution in [-0.2, 0) is 6.18 Å². The number of halogens is 3. The lowest BCUT2D eigenvalue weighted by Gasteiger charge is -2.07. The standard InChI is InChI=1S/C16H9F3NS/c17-16(18,19)13-8-4-7-12(9-13)15-20-10-14(21-15)11-5-2-1-3-6-11/h1-9H. The Labute approximate surface area is 123 Å². The van der Waals surface area contributed by atoms with E-state index in [-0.39, 0.29) is 0 Å². The molecule has 5 heteroatoms. The monoisotopic (exact) mass is 304 g/mol. The van der Waals surface area contributed by atoms with Crippen LogP contribution >= 0.6 is 11.3 Å². The molecular formula is C16H9F3NS. The van der Waals surface area contributed by atoms with E-state index in [4.69, 9.17) is 0 Å². The van der Waals surface area contributed by atoms with Crippen LogP contribution in [0.1, 0.15) is 5.56 Å². The highest BCUT2D eigenvalue weighted by Gasteiger charge is 2.30. The van der Waals surface area contributed by atoms with Gasteiger partial charge in [0.15, 0.2) is 0 Å². The molecule has 21 heavy (non-hydrogen) atoms. The van der Waals surface area contributed by atoms with Crippen LogP contribution in [0, 0.1) is 6.20 Å². The molecule has 0 aliphatic rings. The molecule has 1 aromatic heterocycles. The van der Waals surface area contributed by atoms with Gasteiger partial charge in [0.1, 0.15) is 11.2 Å². The Kier molecular flexibility index (Phi) is 3.51. The van der Waals surface area contributed by atoms with Gasteiger partial charge < -0.3 is 0 Å². The van der Waals surface area contributed by atoms with Crippen LogP contribution in [0.4, 0.5) is 13.2 Å². The summed E-state index contributed by atoms with van der Waals surface area (Å²) in [5.74, 6) is 0. The second-order valence-electron chi connectivity index (χ2n) is 4.40. The summed E-state index contributed by atoms with van der Waals surface area (Å²) < 4.78 is 38.2. The molecule has 0 saturated heterocycles. The summed E-state index contributed by atoms with van der Waals surface area (Å²) in [4.78, 5) is 4.92. The fraction of sp³-hybridized carbons (Fsp3) is 0.0625. The third kappa shape index (κ3) is 2.97. The third-order valence-electron chi connectivity index (χ3n) is 2.93. The molecule has 0 N–H and O–H groups in total. The maximum atomic E-state index is 12.7. The predicted octanol–water partition coefficient (Wildman–Crippen LogP) is 5.30. The van der Waals surface area contributed by atoms with Crippen molar-refractivity contribution in [1.29, 1.82) is 0 Å². The largest absolute Gasteiger partial charge is 0.416 e. The number of benzene rings is 2. The molecule has 1 nitrogen and oxygen atoms in total. The molecular weight excluding hydrogens is 295 g/mol. The summed E-state index contributed by atoms with van der Waals surface area (Å²) in [6.45, 7) is 0. The van der Waals surface area contributed by atoms with Crippen molar-refractivity contribution >= 4 is 11.3 Å². The van der Waals surface area contributed by atoms with Gasteiger partial charge in [-0.05, 0) is 17.7 Å². The van der Waals surface area contributed by atoms with E-state index in [0.717, 1.165) is 22.6 Å². The number of hydrogen-bond acceptors (Lipinski definition) is 2. The van der Waals surface area contributed by atoms with Crippen molar-refractivity contribution < 1.29 is 13.2 Å². The van der Waals surface area contributed by atoms with E-state index in [9.17, 15) is 13.2 Å². The van der Waals surface area contributed by atoms with E-state index in [0.29, 0.717) is 10.6 Å². The maximum absolute atomic E-state index is 12.7. The van der Waals surface area contributed by atoms with Crippen molar-refractivity contribution in [3.8, 4) is 21.0 Å². The summed E-state index contributed by atoms with van der Waals surface area (Å²) in [5.41, 5.74) is 0.734. The molecule has 0 saturated carbocycles. The molecule has 1 radical (unpaired) electrons. The van der Waals surface area contributed by atoms with Crippen molar-refractivity contribution in [3.05, 3.63) is 66.4 Å². The Balaban J connectivity index is 1.97. The average molecular weight is 304 g/mol. The molecule has 0 fully saturated rings. The van der Waals surface area contributed by atoms with Gasteiger partial charge in [0.2, 0.25) is 0 Å². The summed E-state index contributed by atoms with van der Waals surface area (Å²) >= 11 is 1.32. The Morgan fingerprint density at radius 1 is 0.905 bits per heavy atom. The molecule has 0 aliphatic heterocycles. The fourth-order valence-corrected chi connectivity index (χ4v) is 2.78.